The maximum absolute atomic E-state index is 13.1. The van der Waals surface area contributed by atoms with Gasteiger partial charge in [-0.3, -0.25) is 9.59 Å². The van der Waals surface area contributed by atoms with E-state index in [1.54, 1.807) is 0 Å². The van der Waals surface area contributed by atoms with Crippen LogP contribution in [0.2, 0.25) is 0 Å². The van der Waals surface area contributed by atoms with Crippen LogP contribution in [0.4, 0.5) is 0 Å². The second-order valence-electron chi connectivity index (χ2n) is 8.08. The van der Waals surface area contributed by atoms with Gasteiger partial charge in [-0.05, 0) is 43.4 Å². The zero-order valence-corrected chi connectivity index (χ0v) is 16.9. The average molecular weight is 396 g/mol. The van der Waals surface area contributed by atoms with Crippen molar-refractivity contribution < 1.29 is 14.3 Å². The van der Waals surface area contributed by atoms with Gasteiger partial charge in [0.1, 0.15) is 11.8 Å². The number of rotatable bonds is 4. The summed E-state index contributed by atoms with van der Waals surface area (Å²) < 4.78 is 7.72. The summed E-state index contributed by atoms with van der Waals surface area (Å²) in [5, 5.41) is 3.12. The Hall–Kier alpha value is -2.60. The maximum Gasteiger partial charge on any atom is 0.268 e. The zero-order valence-electron chi connectivity index (χ0n) is 16.9. The topological polar surface area (TPSA) is 63.6 Å². The lowest BCUT2D eigenvalue weighted by molar-refractivity contribution is -0.144. The minimum Gasteiger partial charge on any atom is -0.370 e. The minimum atomic E-state index is -0.0465. The fourth-order valence-corrected chi connectivity index (χ4v) is 4.42. The highest BCUT2D eigenvalue weighted by atomic mass is 16.5. The molecule has 154 valence electrons. The van der Waals surface area contributed by atoms with Crippen molar-refractivity contribution in [2.75, 3.05) is 19.7 Å². The van der Waals surface area contributed by atoms with Gasteiger partial charge in [0, 0.05) is 31.7 Å². The lowest BCUT2D eigenvalue weighted by Gasteiger charge is -2.37. The Labute approximate surface area is 171 Å². The Morgan fingerprint density at radius 2 is 1.79 bits per heavy atom. The molecule has 1 unspecified atom stereocenters. The third-order valence-corrected chi connectivity index (χ3v) is 6.14. The van der Waals surface area contributed by atoms with Crippen LogP contribution in [-0.2, 0) is 16.6 Å². The van der Waals surface area contributed by atoms with Crippen LogP contribution in [0.25, 0.3) is 0 Å². The molecule has 1 atom stereocenters. The molecule has 6 heteroatoms. The summed E-state index contributed by atoms with van der Waals surface area (Å²) in [7, 11) is 1.87. The van der Waals surface area contributed by atoms with Gasteiger partial charge in [-0.2, -0.15) is 0 Å². The van der Waals surface area contributed by atoms with Crippen LogP contribution in [0.5, 0.6) is 0 Å². The van der Waals surface area contributed by atoms with Crippen molar-refractivity contribution in [3.63, 3.8) is 0 Å². The van der Waals surface area contributed by atoms with Crippen LogP contribution >= 0.6 is 0 Å². The van der Waals surface area contributed by atoms with Crippen LogP contribution in [0.1, 0.15) is 47.8 Å². The van der Waals surface area contributed by atoms with Crippen molar-refractivity contribution in [1.82, 2.24) is 14.8 Å². The number of hydrogen-bond donors (Lipinski definition) is 1. The molecule has 0 spiro atoms. The van der Waals surface area contributed by atoms with Crippen LogP contribution in [0.15, 0.2) is 48.7 Å². The van der Waals surface area contributed by atoms with Crippen molar-refractivity contribution in [2.24, 2.45) is 13.0 Å². The molecule has 2 aromatic rings. The number of aromatic nitrogens is 1. The van der Waals surface area contributed by atoms with E-state index in [0.717, 1.165) is 31.2 Å². The number of nitrogens with one attached hydrogen (secondary N) is 1. The quantitative estimate of drug-likeness (QED) is 0.866. The highest BCUT2D eigenvalue weighted by Crippen LogP contribution is 2.29. The third-order valence-electron chi connectivity index (χ3n) is 6.14. The summed E-state index contributed by atoms with van der Waals surface area (Å²) in [6, 6.07) is 13.9. The van der Waals surface area contributed by atoms with Crippen molar-refractivity contribution in [2.45, 2.75) is 37.8 Å². The molecule has 1 saturated carbocycles. The summed E-state index contributed by atoms with van der Waals surface area (Å²) in [5.74, 6) is 0.250. The van der Waals surface area contributed by atoms with Gasteiger partial charge in [0.05, 0.1) is 13.2 Å². The Bertz CT molecular complexity index is 840. The van der Waals surface area contributed by atoms with Gasteiger partial charge in [-0.15, -0.1) is 0 Å². The first-order valence-electron chi connectivity index (χ1n) is 10.5. The van der Waals surface area contributed by atoms with Gasteiger partial charge in [0.25, 0.3) is 5.91 Å². The van der Waals surface area contributed by atoms with Crippen molar-refractivity contribution in [3.8, 4) is 0 Å². The molecule has 0 radical (unpaired) electrons. The highest BCUT2D eigenvalue weighted by Gasteiger charge is 2.33. The minimum absolute atomic E-state index is 0.0360. The molecule has 2 heterocycles. The molecule has 4 rings (SSSR count). The Balaban J connectivity index is 1.28. The fourth-order valence-electron chi connectivity index (χ4n) is 4.42. The standard InChI is InChI=1S/C23H29N3O3/c1-25-13-5-8-20(25)22(27)24-19-11-9-18(10-12-19)23(28)26-14-15-29-21(16-26)17-6-3-2-4-7-17/h2-8,13,18-19,21H,9-12,14-16H2,1H3,(H,24,27). The van der Waals surface area contributed by atoms with Crippen LogP contribution < -0.4 is 5.32 Å². The van der Waals surface area contributed by atoms with E-state index in [1.165, 1.54) is 0 Å². The number of carbonyl (C=O) groups is 2. The normalized spacial score (nSPS) is 24.9. The summed E-state index contributed by atoms with van der Waals surface area (Å²) in [6.07, 6.45) is 5.16. The highest BCUT2D eigenvalue weighted by molar-refractivity contribution is 5.92. The van der Waals surface area contributed by atoms with Gasteiger partial charge in [-0.1, -0.05) is 30.3 Å². The number of benzene rings is 1. The molecular weight excluding hydrogens is 366 g/mol. The Morgan fingerprint density at radius 3 is 2.48 bits per heavy atom. The first kappa shape index (κ1) is 19.7. The second kappa shape index (κ2) is 8.82. The number of amides is 2. The molecule has 0 bridgehead atoms. The number of carbonyl (C=O) groups excluding carboxylic acids is 2. The van der Waals surface area contributed by atoms with E-state index in [0.29, 0.717) is 25.4 Å². The largest absolute Gasteiger partial charge is 0.370 e. The SMILES string of the molecule is Cn1cccc1C(=O)NC1CCC(C(=O)N2CCOC(c3ccccc3)C2)CC1. The van der Waals surface area contributed by atoms with E-state index in [4.69, 9.17) is 4.74 Å². The molecule has 29 heavy (non-hydrogen) atoms. The molecule has 1 aliphatic carbocycles. The first-order valence-corrected chi connectivity index (χ1v) is 10.5. The Kier molecular flexibility index (Phi) is 6.00. The lowest BCUT2D eigenvalue weighted by atomic mass is 9.85. The van der Waals surface area contributed by atoms with E-state index in [1.807, 2.05) is 53.0 Å². The predicted octanol–water partition coefficient (Wildman–Crippen LogP) is 2.91. The van der Waals surface area contributed by atoms with Crippen LogP contribution in [0, 0.1) is 5.92 Å². The number of nitrogens with zero attached hydrogens (tertiary/aromatic N) is 2. The van der Waals surface area contributed by atoms with Gasteiger partial charge in [0.15, 0.2) is 0 Å². The summed E-state index contributed by atoms with van der Waals surface area (Å²) in [6.45, 7) is 1.85. The summed E-state index contributed by atoms with van der Waals surface area (Å²) in [4.78, 5) is 27.4. The van der Waals surface area contributed by atoms with Gasteiger partial charge >= 0.3 is 0 Å². The molecule has 6 nitrogen and oxygen atoms in total. The molecule has 2 amide bonds. The molecule has 1 aromatic carbocycles. The van der Waals surface area contributed by atoms with Crippen LogP contribution in [0.3, 0.4) is 0 Å². The monoisotopic (exact) mass is 395 g/mol. The molecule has 2 fully saturated rings. The van der Waals surface area contributed by atoms with Gasteiger partial charge in [0.2, 0.25) is 5.91 Å². The first-order chi connectivity index (χ1) is 14.1. The van der Waals surface area contributed by atoms with E-state index < -0.39 is 0 Å². The molecular formula is C23H29N3O3. The fraction of sp³-hybridized carbons (Fsp3) is 0.478. The predicted molar refractivity (Wildman–Crippen MR) is 110 cm³/mol. The summed E-state index contributed by atoms with van der Waals surface area (Å²) in [5.41, 5.74) is 1.79. The number of aryl methyl sites for hydroxylation is 1. The number of hydrogen-bond acceptors (Lipinski definition) is 3. The van der Waals surface area contributed by atoms with E-state index in [-0.39, 0.29) is 29.9 Å². The number of morpholine rings is 1. The van der Waals surface area contributed by atoms with Gasteiger partial charge in [-0.25, -0.2) is 0 Å². The van der Waals surface area contributed by atoms with E-state index in [9.17, 15) is 9.59 Å². The average Bonchev–Trinajstić information content (AvgIpc) is 3.20. The smallest absolute Gasteiger partial charge is 0.268 e. The summed E-state index contributed by atoms with van der Waals surface area (Å²) >= 11 is 0. The lowest BCUT2D eigenvalue weighted by Crippen LogP contribution is -2.47. The van der Waals surface area contributed by atoms with Crippen molar-refractivity contribution >= 4 is 11.8 Å². The molecule has 1 saturated heterocycles. The number of ether oxygens (including phenoxy) is 1. The molecule has 1 aromatic heterocycles. The second-order valence-corrected chi connectivity index (χ2v) is 8.08. The molecule has 2 aliphatic rings. The maximum atomic E-state index is 13.1. The third kappa shape index (κ3) is 4.53. The van der Waals surface area contributed by atoms with Gasteiger partial charge < -0.3 is 19.5 Å². The molecule has 1 aliphatic heterocycles. The van der Waals surface area contributed by atoms with Crippen molar-refractivity contribution in [1.29, 1.82) is 0 Å². The van der Waals surface area contributed by atoms with E-state index >= 15 is 0 Å². The molecule has 1 N–H and O–H groups in total. The van der Waals surface area contributed by atoms with Crippen molar-refractivity contribution in [3.05, 3.63) is 59.9 Å². The Morgan fingerprint density at radius 1 is 1.03 bits per heavy atom. The van der Waals surface area contributed by atoms with E-state index in [2.05, 4.69) is 17.4 Å². The van der Waals surface area contributed by atoms with Crippen LogP contribution in [-0.4, -0.2) is 47.0 Å². The zero-order chi connectivity index (χ0) is 20.2.